The minimum atomic E-state index is -3.96. The SMILES string of the molecule is COC(=O)c1ccc(Cl)c(S(=O)(=O)N=CN(C)C)c1. The molecule has 6 nitrogen and oxygen atoms in total. The van der Waals surface area contributed by atoms with Crippen molar-refractivity contribution in [1.29, 1.82) is 0 Å². The topological polar surface area (TPSA) is 76.0 Å². The van der Waals surface area contributed by atoms with E-state index in [1.165, 1.54) is 24.1 Å². The molecule has 1 aromatic rings. The molecule has 19 heavy (non-hydrogen) atoms. The van der Waals surface area contributed by atoms with Crippen LogP contribution in [0.4, 0.5) is 0 Å². The van der Waals surface area contributed by atoms with Crippen molar-refractivity contribution >= 4 is 33.9 Å². The average Bonchev–Trinajstić information content (AvgIpc) is 2.36. The Hall–Kier alpha value is -1.60. The molecule has 0 saturated carbocycles. The van der Waals surface area contributed by atoms with Gasteiger partial charge in [0.25, 0.3) is 10.0 Å². The van der Waals surface area contributed by atoms with Crippen LogP contribution in [-0.2, 0) is 14.8 Å². The molecular formula is C11H13ClN2O4S. The molecule has 0 aromatic heterocycles. The molecule has 0 aliphatic rings. The first-order chi connectivity index (χ1) is 8.77. The van der Waals surface area contributed by atoms with E-state index in [-0.39, 0.29) is 15.5 Å². The molecular weight excluding hydrogens is 292 g/mol. The molecule has 0 fully saturated rings. The van der Waals surface area contributed by atoms with Gasteiger partial charge in [-0.2, -0.15) is 8.42 Å². The lowest BCUT2D eigenvalue weighted by Gasteiger charge is -2.06. The van der Waals surface area contributed by atoms with Crippen LogP contribution in [0, 0.1) is 0 Å². The van der Waals surface area contributed by atoms with E-state index in [4.69, 9.17) is 11.6 Å². The molecule has 0 spiro atoms. The fourth-order valence-corrected chi connectivity index (χ4v) is 2.59. The number of benzene rings is 1. The summed E-state index contributed by atoms with van der Waals surface area (Å²) in [6.45, 7) is 0. The maximum absolute atomic E-state index is 12.0. The largest absolute Gasteiger partial charge is 0.465 e. The fourth-order valence-electron chi connectivity index (χ4n) is 1.16. The number of carbonyl (C=O) groups is 1. The van der Waals surface area contributed by atoms with Crippen LogP contribution in [0.1, 0.15) is 10.4 Å². The molecule has 0 N–H and O–H groups in total. The molecule has 1 aromatic carbocycles. The molecule has 0 radical (unpaired) electrons. The second kappa shape index (κ2) is 6.03. The van der Waals surface area contributed by atoms with E-state index < -0.39 is 16.0 Å². The molecule has 1 rings (SSSR count). The summed E-state index contributed by atoms with van der Waals surface area (Å²) in [6.07, 6.45) is 1.14. The van der Waals surface area contributed by atoms with E-state index in [1.54, 1.807) is 14.1 Å². The third-order valence-corrected chi connectivity index (χ3v) is 3.75. The number of carbonyl (C=O) groups excluding carboxylic acids is 1. The van der Waals surface area contributed by atoms with Gasteiger partial charge in [0.15, 0.2) is 0 Å². The van der Waals surface area contributed by atoms with Gasteiger partial charge < -0.3 is 9.64 Å². The van der Waals surface area contributed by atoms with Crippen LogP contribution in [0.2, 0.25) is 5.02 Å². The van der Waals surface area contributed by atoms with Gasteiger partial charge in [-0.1, -0.05) is 11.6 Å². The minimum absolute atomic E-state index is 0.0106. The number of hydrogen-bond acceptors (Lipinski definition) is 4. The summed E-state index contributed by atoms with van der Waals surface area (Å²) in [5.74, 6) is -0.648. The first-order valence-electron chi connectivity index (χ1n) is 5.12. The maximum atomic E-state index is 12.0. The molecule has 104 valence electrons. The number of halogens is 1. The lowest BCUT2D eigenvalue weighted by atomic mass is 10.2. The fraction of sp³-hybridized carbons (Fsp3) is 0.273. The van der Waals surface area contributed by atoms with Crippen LogP contribution in [-0.4, -0.2) is 46.8 Å². The molecule has 0 bridgehead atoms. The predicted molar refractivity (Wildman–Crippen MR) is 72.2 cm³/mol. The van der Waals surface area contributed by atoms with Gasteiger partial charge >= 0.3 is 5.97 Å². The summed E-state index contributed by atoms with van der Waals surface area (Å²) >= 11 is 5.83. The van der Waals surface area contributed by atoms with Crippen LogP contribution < -0.4 is 0 Å². The highest BCUT2D eigenvalue weighted by molar-refractivity contribution is 7.90. The molecule has 0 aliphatic heterocycles. The van der Waals surface area contributed by atoms with Gasteiger partial charge in [-0.3, -0.25) is 0 Å². The molecule has 8 heteroatoms. The number of esters is 1. The quantitative estimate of drug-likeness (QED) is 0.477. The van der Waals surface area contributed by atoms with Crippen LogP contribution >= 0.6 is 11.6 Å². The number of hydrogen-bond donors (Lipinski definition) is 0. The Morgan fingerprint density at radius 3 is 2.58 bits per heavy atom. The van der Waals surface area contributed by atoms with Crippen molar-refractivity contribution in [3.8, 4) is 0 Å². The predicted octanol–water partition coefficient (Wildman–Crippen LogP) is 1.41. The second-order valence-corrected chi connectivity index (χ2v) is 5.80. The Bertz CT molecular complexity index is 611. The molecule has 0 aliphatic carbocycles. The molecule has 0 saturated heterocycles. The van der Waals surface area contributed by atoms with Gasteiger partial charge in [0.1, 0.15) is 11.2 Å². The highest BCUT2D eigenvalue weighted by Gasteiger charge is 2.19. The van der Waals surface area contributed by atoms with Crippen molar-refractivity contribution in [2.45, 2.75) is 4.90 Å². The molecule has 0 heterocycles. The number of ether oxygens (including phenoxy) is 1. The van der Waals surface area contributed by atoms with Gasteiger partial charge in [0.2, 0.25) is 0 Å². The zero-order chi connectivity index (χ0) is 14.6. The summed E-state index contributed by atoms with van der Waals surface area (Å²) in [4.78, 5) is 12.6. The Morgan fingerprint density at radius 2 is 2.05 bits per heavy atom. The van der Waals surface area contributed by atoms with Crippen LogP contribution in [0.3, 0.4) is 0 Å². The lowest BCUT2D eigenvalue weighted by molar-refractivity contribution is 0.0600. The van der Waals surface area contributed by atoms with Crippen molar-refractivity contribution < 1.29 is 17.9 Å². The Balaban J connectivity index is 3.30. The first kappa shape index (κ1) is 15.5. The van der Waals surface area contributed by atoms with Gasteiger partial charge in [-0.25, -0.2) is 4.79 Å². The molecule has 0 atom stereocenters. The number of nitrogens with zero attached hydrogens (tertiary/aromatic N) is 2. The second-order valence-electron chi connectivity index (χ2n) is 3.80. The van der Waals surface area contributed by atoms with Crippen molar-refractivity contribution in [3.63, 3.8) is 0 Å². The third-order valence-electron chi connectivity index (χ3n) is 2.05. The minimum Gasteiger partial charge on any atom is -0.465 e. The van der Waals surface area contributed by atoms with Gasteiger partial charge in [-0.15, -0.1) is 4.40 Å². The van der Waals surface area contributed by atoms with Crippen molar-refractivity contribution in [2.24, 2.45) is 4.40 Å². The van der Waals surface area contributed by atoms with Crippen molar-refractivity contribution in [3.05, 3.63) is 28.8 Å². The summed E-state index contributed by atoms with van der Waals surface area (Å²) in [5.41, 5.74) is 0.0885. The Labute approximate surface area is 116 Å². The highest BCUT2D eigenvalue weighted by atomic mass is 35.5. The Kier molecular flexibility index (Phi) is 4.90. The highest BCUT2D eigenvalue weighted by Crippen LogP contribution is 2.24. The van der Waals surface area contributed by atoms with E-state index in [2.05, 4.69) is 9.13 Å². The average molecular weight is 305 g/mol. The monoisotopic (exact) mass is 304 g/mol. The van der Waals surface area contributed by atoms with Gasteiger partial charge in [0, 0.05) is 14.1 Å². The third kappa shape index (κ3) is 3.93. The first-order valence-corrected chi connectivity index (χ1v) is 6.94. The number of rotatable bonds is 4. The van der Waals surface area contributed by atoms with Crippen LogP contribution in [0.25, 0.3) is 0 Å². The zero-order valence-corrected chi connectivity index (χ0v) is 12.2. The lowest BCUT2D eigenvalue weighted by Crippen LogP contribution is -2.11. The van der Waals surface area contributed by atoms with E-state index in [1.807, 2.05) is 0 Å². The Morgan fingerprint density at radius 1 is 1.42 bits per heavy atom. The van der Waals surface area contributed by atoms with Crippen molar-refractivity contribution in [1.82, 2.24) is 4.90 Å². The summed E-state index contributed by atoms with van der Waals surface area (Å²) in [5, 5.41) is -0.0106. The van der Waals surface area contributed by atoms with Crippen LogP contribution in [0.15, 0.2) is 27.5 Å². The van der Waals surface area contributed by atoms with E-state index >= 15 is 0 Å². The van der Waals surface area contributed by atoms with E-state index in [9.17, 15) is 13.2 Å². The summed E-state index contributed by atoms with van der Waals surface area (Å²) in [7, 11) is 0.502. The van der Waals surface area contributed by atoms with Gasteiger partial charge in [-0.05, 0) is 18.2 Å². The normalized spacial score (nSPS) is 11.6. The van der Waals surface area contributed by atoms with E-state index in [0.29, 0.717) is 0 Å². The summed E-state index contributed by atoms with van der Waals surface area (Å²) in [6, 6.07) is 3.82. The summed E-state index contributed by atoms with van der Waals surface area (Å²) < 4.78 is 31.9. The van der Waals surface area contributed by atoms with E-state index in [0.717, 1.165) is 12.4 Å². The van der Waals surface area contributed by atoms with Gasteiger partial charge in [0.05, 0.1) is 17.7 Å². The number of sulfonamides is 1. The zero-order valence-electron chi connectivity index (χ0n) is 10.6. The standard InChI is InChI=1S/C11H13ClN2O4S/c1-14(2)7-13-19(16,17)10-6-8(11(15)18-3)4-5-9(10)12/h4-7H,1-3H3. The maximum Gasteiger partial charge on any atom is 0.337 e. The molecule has 0 unspecified atom stereocenters. The van der Waals surface area contributed by atoms with Crippen molar-refractivity contribution in [2.75, 3.05) is 21.2 Å². The number of methoxy groups -OCH3 is 1. The smallest absolute Gasteiger partial charge is 0.337 e. The van der Waals surface area contributed by atoms with Crippen LogP contribution in [0.5, 0.6) is 0 Å². The molecule has 0 amide bonds.